The topological polar surface area (TPSA) is 83.9 Å². The lowest BCUT2D eigenvalue weighted by Gasteiger charge is -2.73. The van der Waals surface area contributed by atoms with Crippen molar-refractivity contribution in [3.05, 3.63) is 0 Å². The molecule has 1 N–H and O–H groups in total. The van der Waals surface area contributed by atoms with E-state index in [1.165, 1.54) is 64.2 Å². The van der Waals surface area contributed by atoms with Gasteiger partial charge < -0.3 is 14.7 Å². The second-order valence-electron chi connectivity index (χ2n) is 21.3. The number of rotatable bonds is 7. The van der Waals surface area contributed by atoms with Crippen LogP contribution in [-0.2, 0) is 19.1 Å². The molecule has 0 aromatic carbocycles. The minimum Gasteiger partial charge on any atom is -0.481 e. The number of esters is 1. The van der Waals surface area contributed by atoms with E-state index in [0.29, 0.717) is 41.5 Å². The molecule has 49 heavy (non-hydrogen) atoms. The van der Waals surface area contributed by atoms with Crippen LogP contribution in [0, 0.1) is 73.9 Å². The van der Waals surface area contributed by atoms with Crippen LogP contribution in [0.3, 0.4) is 0 Å². The molecule has 1 amide bonds. The van der Waals surface area contributed by atoms with Crippen molar-refractivity contribution >= 4 is 17.8 Å². The zero-order valence-corrected chi connectivity index (χ0v) is 32.5. The Morgan fingerprint density at radius 1 is 0.837 bits per heavy atom. The lowest BCUT2D eigenvalue weighted by Crippen LogP contribution is -2.67. The molecular formula is C43H69NO5. The Hall–Kier alpha value is -1.59. The Balaban J connectivity index is 1.13. The molecule has 12 atom stereocenters. The summed E-state index contributed by atoms with van der Waals surface area (Å²) in [6, 6.07) is 0.522. The molecular weight excluding hydrogens is 610 g/mol. The van der Waals surface area contributed by atoms with Gasteiger partial charge in [-0.1, -0.05) is 48.5 Å². The first-order valence-corrected chi connectivity index (χ1v) is 20.5. The maximum Gasteiger partial charge on any atom is 0.309 e. The van der Waals surface area contributed by atoms with E-state index in [0.717, 1.165) is 44.1 Å². The van der Waals surface area contributed by atoms with Crippen LogP contribution < -0.4 is 0 Å². The molecule has 6 aliphatic carbocycles. The summed E-state index contributed by atoms with van der Waals surface area (Å²) in [5, 5.41) is 9.61. The molecule has 0 aromatic heterocycles. The van der Waals surface area contributed by atoms with Crippen LogP contribution in [0.25, 0.3) is 0 Å². The number of carboxylic acids is 1. The van der Waals surface area contributed by atoms with Crippen molar-refractivity contribution in [3.8, 4) is 0 Å². The number of ether oxygens (including phenoxy) is 1. The van der Waals surface area contributed by atoms with Gasteiger partial charge in [-0.3, -0.25) is 14.4 Å². The molecule has 7 fully saturated rings. The first kappa shape index (κ1) is 35.8. The summed E-state index contributed by atoms with van der Waals surface area (Å²) in [5.74, 6) is 3.72. The van der Waals surface area contributed by atoms with E-state index < -0.39 is 11.4 Å². The monoisotopic (exact) mass is 680 g/mol. The highest BCUT2D eigenvalue weighted by atomic mass is 16.5. The van der Waals surface area contributed by atoms with Gasteiger partial charge in [-0.05, 0) is 160 Å². The van der Waals surface area contributed by atoms with E-state index >= 15 is 0 Å². The molecule has 6 saturated carbocycles. The smallest absolute Gasteiger partial charge is 0.309 e. The maximum atomic E-state index is 14.2. The van der Waals surface area contributed by atoms with Crippen LogP contribution in [0.5, 0.6) is 0 Å². The zero-order valence-electron chi connectivity index (χ0n) is 32.5. The highest BCUT2D eigenvalue weighted by Crippen LogP contribution is 2.78. The fraction of sp³-hybridized carbons (Fsp3) is 0.930. The Bertz CT molecular complexity index is 1350. The molecule has 6 heteroatoms. The molecule has 276 valence electrons. The molecule has 1 aliphatic heterocycles. The van der Waals surface area contributed by atoms with Crippen molar-refractivity contribution in [2.45, 2.75) is 171 Å². The van der Waals surface area contributed by atoms with Crippen molar-refractivity contribution < 1.29 is 24.2 Å². The number of amides is 1. The van der Waals surface area contributed by atoms with Crippen LogP contribution in [0.15, 0.2) is 0 Å². The molecule has 2 unspecified atom stereocenters. The number of carboxylic acid groups (broad SMARTS) is 1. The Morgan fingerprint density at radius 2 is 1.57 bits per heavy atom. The summed E-state index contributed by atoms with van der Waals surface area (Å²) in [4.78, 5) is 41.3. The van der Waals surface area contributed by atoms with Gasteiger partial charge in [0.2, 0.25) is 5.91 Å². The predicted molar refractivity (Wildman–Crippen MR) is 192 cm³/mol. The van der Waals surface area contributed by atoms with Crippen LogP contribution in [-0.4, -0.2) is 46.5 Å². The zero-order chi connectivity index (χ0) is 35.5. The second kappa shape index (κ2) is 11.7. The molecule has 0 radical (unpaired) electrons. The lowest BCUT2D eigenvalue weighted by molar-refractivity contribution is -0.252. The van der Waals surface area contributed by atoms with Gasteiger partial charge in [-0.15, -0.1) is 0 Å². The fourth-order valence-electron chi connectivity index (χ4n) is 15.3. The molecule has 0 spiro atoms. The van der Waals surface area contributed by atoms with E-state index in [9.17, 15) is 19.5 Å². The quantitative estimate of drug-likeness (QED) is 0.271. The van der Waals surface area contributed by atoms with Gasteiger partial charge in [0.05, 0.1) is 11.8 Å². The highest BCUT2D eigenvalue weighted by Gasteiger charge is 2.71. The normalized spacial score (nSPS) is 46.9. The predicted octanol–water partition coefficient (Wildman–Crippen LogP) is 9.54. The first-order chi connectivity index (χ1) is 22.8. The van der Waals surface area contributed by atoms with Gasteiger partial charge in [-0.2, -0.15) is 0 Å². The summed E-state index contributed by atoms with van der Waals surface area (Å²) in [6.07, 6.45) is 16.2. The molecule has 2 bridgehead atoms. The molecule has 1 saturated heterocycles. The van der Waals surface area contributed by atoms with Gasteiger partial charge in [0.15, 0.2) is 0 Å². The summed E-state index contributed by atoms with van der Waals surface area (Å²) < 4.78 is 6.20. The third-order valence-corrected chi connectivity index (χ3v) is 18.1. The number of fused-ring (bicyclic) bond motifs is 9. The van der Waals surface area contributed by atoms with Gasteiger partial charge >= 0.3 is 11.9 Å². The number of nitrogens with zero attached hydrogens (tertiary/aromatic N) is 1. The fourth-order valence-corrected chi connectivity index (χ4v) is 15.3. The van der Waals surface area contributed by atoms with Crippen LogP contribution in [0.1, 0.15) is 159 Å². The number of carbonyl (C=O) groups is 3. The number of hydrogen-bond donors (Lipinski definition) is 1. The van der Waals surface area contributed by atoms with Crippen LogP contribution in [0.2, 0.25) is 0 Å². The van der Waals surface area contributed by atoms with E-state index in [4.69, 9.17) is 4.74 Å². The van der Waals surface area contributed by atoms with Crippen molar-refractivity contribution in [2.24, 2.45) is 73.9 Å². The number of piperidine rings is 1. The van der Waals surface area contributed by atoms with Crippen molar-refractivity contribution in [1.29, 1.82) is 0 Å². The summed E-state index contributed by atoms with van der Waals surface area (Å²) >= 11 is 0. The lowest BCUT2D eigenvalue weighted by atomic mass is 9.32. The summed E-state index contributed by atoms with van der Waals surface area (Å²) in [5.41, 5.74) is -0.415. The van der Waals surface area contributed by atoms with E-state index in [-0.39, 0.29) is 45.6 Å². The standard InChI is InChI=1S/C43H69NO5/c1-26(2)29-14-19-43(23-34(45)44-25-27-10-11-28(44)22-27)21-20-41(8)30(36(29)43)12-13-32-40(7)17-16-33(49-35(46)24-38(3,4)37(47)48)39(5,6)31(40)15-18-42(32,41)9/h26-33,36H,10-25H2,1-9H3,(H,47,48)/t27?,28?,29-,30+,31-,32+,33-,36+,40-,41+,42+,43+/m0/s1. The number of carbonyl (C=O) groups excluding carboxylic acids is 2. The number of aliphatic carboxylic acids is 1. The average molecular weight is 680 g/mol. The SMILES string of the molecule is CC(C)[C@@H]1CC[C@]2(CC(=O)N3CC4CCC3C4)CC[C@]3(C)[C@H](CC[C@@H]4[C@@]5(C)CC[C@H](OC(=O)CC(C)(C)C(=O)O)C(C)(C)[C@@H]5CC[C@]43C)[C@@H]12. The highest BCUT2D eigenvalue weighted by molar-refractivity contribution is 5.81. The minimum absolute atomic E-state index is 0.0952. The Morgan fingerprint density at radius 3 is 2.20 bits per heavy atom. The number of hydrogen-bond acceptors (Lipinski definition) is 4. The Labute approximate surface area is 297 Å². The summed E-state index contributed by atoms with van der Waals surface area (Å²) in [7, 11) is 0. The van der Waals surface area contributed by atoms with E-state index in [1.807, 2.05) is 0 Å². The third kappa shape index (κ3) is 5.22. The van der Waals surface area contributed by atoms with Gasteiger partial charge in [0, 0.05) is 24.4 Å². The molecule has 1 heterocycles. The third-order valence-electron chi connectivity index (χ3n) is 18.1. The maximum absolute atomic E-state index is 14.2. The van der Waals surface area contributed by atoms with Crippen molar-refractivity contribution in [1.82, 2.24) is 4.90 Å². The average Bonchev–Trinajstić information content (AvgIpc) is 3.74. The molecule has 6 nitrogen and oxygen atoms in total. The van der Waals surface area contributed by atoms with E-state index in [1.54, 1.807) is 13.8 Å². The second-order valence-corrected chi connectivity index (χ2v) is 21.3. The van der Waals surface area contributed by atoms with Crippen LogP contribution >= 0.6 is 0 Å². The van der Waals surface area contributed by atoms with Gasteiger partial charge in [0.25, 0.3) is 0 Å². The Kier molecular flexibility index (Phi) is 8.55. The first-order valence-electron chi connectivity index (χ1n) is 20.5. The molecule has 7 aliphatic rings. The number of likely N-dealkylation sites (tertiary alicyclic amines) is 1. The molecule has 7 rings (SSSR count). The van der Waals surface area contributed by atoms with Crippen LogP contribution in [0.4, 0.5) is 0 Å². The van der Waals surface area contributed by atoms with Gasteiger partial charge in [0.1, 0.15) is 6.10 Å². The molecule has 0 aromatic rings. The summed E-state index contributed by atoms with van der Waals surface area (Å²) in [6.45, 7) is 21.8. The van der Waals surface area contributed by atoms with E-state index in [2.05, 4.69) is 53.4 Å². The van der Waals surface area contributed by atoms with Crippen molar-refractivity contribution in [2.75, 3.05) is 6.54 Å². The largest absolute Gasteiger partial charge is 0.481 e. The minimum atomic E-state index is -1.13. The van der Waals surface area contributed by atoms with Crippen molar-refractivity contribution in [3.63, 3.8) is 0 Å². The van der Waals surface area contributed by atoms with Gasteiger partial charge in [-0.25, -0.2) is 0 Å².